The fourth-order valence-electron chi connectivity index (χ4n) is 0.993. The second kappa shape index (κ2) is 8.04. The van der Waals surface area contributed by atoms with Crippen LogP contribution in [0.2, 0.25) is 0 Å². The van der Waals surface area contributed by atoms with Crippen molar-refractivity contribution in [3.8, 4) is 0 Å². The molecule has 0 saturated heterocycles. The maximum atomic E-state index is 10.8. The van der Waals surface area contributed by atoms with Crippen molar-refractivity contribution in [2.75, 3.05) is 6.61 Å². The minimum atomic E-state index is -0.368. The van der Waals surface area contributed by atoms with Crippen LogP contribution >= 0.6 is 0 Å². The van der Waals surface area contributed by atoms with E-state index in [1.54, 1.807) is 0 Å². The molecule has 0 aromatic heterocycles. The molecule has 0 aromatic carbocycles. The Morgan fingerprint density at radius 3 is 2.53 bits per heavy atom. The Morgan fingerprint density at radius 1 is 1.33 bits per heavy atom. The van der Waals surface area contributed by atoms with E-state index in [1.807, 2.05) is 13.8 Å². The summed E-state index contributed by atoms with van der Waals surface area (Å²) in [7, 11) is 0. The first-order valence-corrected chi connectivity index (χ1v) is 5.16. The molecule has 0 amide bonds. The van der Waals surface area contributed by atoms with E-state index in [-0.39, 0.29) is 5.97 Å². The molecule has 0 N–H and O–H groups in total. The van der Waals surface area contributed by atoms with Gasteiger partial charge in [-0.2, -0.15) is 0 Å². The molecule has 0 aliphatic carbocycles. The lowest BCUT2D eigenvalue weighted by Gasteiger charge is -2.02. The molecule has 0 aromatic rings. The summed E-state index contributed by atoms with van der Waals surface area (Å²) >= 11 is 0. The number of hydrogen-bond donors (Lipinski definition) is 0. The van der Waals surface area contributed by atoms with Crippen LogP contribution in [0.4, 0.5) is 0 Å². The number of allylic oxidation sites excluding steroid dienone is 3. The summed E-state index contributed by atoms with van der Waals surface area (Å²) in [5.74, 6) is -0.368. The third kappa shape index (κ3) is 7.74. The van der Waals surface area contributed by atoms with Crippen LogP contribution < -0.4 is 0 Å². The van der Waals surface area contributed by atoms with Crippen molar-refractivity contribution in [1.29, 1.82) is 0 Å². The molecule has 0 saturated carbocycles. The molecule has 0 radical (unpaired) electrons. The van der Waals surface area contributed by atoms with Crippen molar-refractivity contribution in [2.24, 2.45) is 0 Å². The molecular formula is C13H20O2. The number of esters is 1. The standard InChI is InChI=1S/C13H20O2/c1-5-11(3)8-7-9-12(4)10-15-13(14)6-2/h5-6,9H,2,7-8,10H2,1,3-4H3. The second-order valence-corrected chi connectivity index (χ2v) is 3.54. The van der Waals surface area contributed by atoms with Gasteiger partial charge in [0.2, 0.25) is 0 Å². The molecule has 0 bridgehead atoms. The average Bonchev–Trinajstić information content (AvgIpc) is 2.25. The molecule has 0 aliphatic rings. The van der Waals surface area contributed by atoms with E-state index in [9.17, 15) is 4.79 Å². The van der Waals surface area contributed by atoms with Crippen LogP contribution in [-0.4, -0.2) is 12.6 Å². The Balaban J connectivity index is 3.79. The zero-order chi connectivity index (χ0) is 11.7. The number of rotatable bonds is 6. The van der Waals surface area contributed by atoms with Crippen LogP contribution in [0.5, 0.6) is 0 Å². The summed E-state index contributed by atoms with van der Waals surface area (Å²) in [6.45, 7) is 9.81. The maximum Gasteiger partial charge on any atom is 0.330 e. The molecule has 2 nitrogen and oxygen atoms in total. The van der Waals surface area contributed by atoms with E-state index in [0.717, 1.165) is 18.4 Å². The quantitative estimate of drug-likeness (QED) is 0.380. The average molecular weight is 208 g/mol. The van der Waals surface area contributed by atoms with Crippen molar-refractivity contribution in [3.05, 3.63) is 36.0 Å². The van der Waals surface area contributed by atoms with Gasteiger partial charge in [0.15, 0.2) is 0 Å². The molecule has 0 atom stereocenters. The highest BCUT2D eigenvalue weighted by atomic mass is 16.5. The number of carbonyl (C=O) groups is 1. The molecule has 0 unspecified atom stereocenters. The Morgan fingerprint density at radius 2 is 2.00 bits per heavy atom. The fraction of sp³-hybridized carbons (Fsp3) is 0.462. The number of ether oxygens (including phenoxy) is 1. The molecule has 0 heterocycles. The molecule has 0 aliphatic heterocycles. The molecule has 2 heteroatoms. The number of carbonyl (C=O) groups excluding carboxylic acids is 1. The van der Waals surface area contributed by atoms with Gasteiger partial charge >= 0.3 is 5.97 Å². The lowest BCUT2D eigenvalue weighted by Crippen LogP contribution is -2.02. The lowest BCUT2D eigenvalue weighted by atomic mass is 10.1. The summed E-state index contributed by atoms with van der Waals surface area (Å²) in [6.07, 6.45) is 7.44. The van der Waals surface area contributed by atoms with E-state index in [0.29, 0.717) is 6.61 Å². The van der Waals surface area contributed by atoms with E-state index >= 15 is 0 Å². The third-order valence-electron chi connectivity index (χ3n) is 2.13. The van der Waals surface area contributed by atoms with Crippen LogP contribution in [0.3, 0.4) is 0 Å². The molecule has 0 fully saturated rings. The topological polar surface area (TPSA) is 26.3 Å². The maximum absolute atomic E-state index is 10.8. The van der Waals surface area contributed by atoms with Gasteiger partial charge in [-0.05, 0) is 39.2 Å². The first-order chi connectivity index (χ1) is 7.10. The van der Waals surface area contributed by atoms with E-state index < -0.39 is 0 Å². The SMILES string of the molecule is C=CC(=O)OCC(C)=CCCC(C)=CC. The van der Waals surface area contributed by atoms with Crippen molar-refractivity contribution < 1.29 is 9.53 Å². The van der Waals surface area contributed by atoms with Gasteiger partial charge in [0.25, 0.3) is 0 Å². The number of hydrogen-bond acceptors (Lipinski definition) is 2. The van der Waals surface area contributed by atoms with Gasteiger partial charge < -0.3 is 4.74 Å². The monoisotopic (exact) mass is 208 g/mol. The second-order valence-electron chi connectivity index (χ2n) is 3.54. The Bertz CT molecular complexity index is 272. The highest BCUT2D eigenvalue weighted by Crippen LogP contribution is 2.06. The van der Waals surface area contributed by atoms with Crippen molar-refractivity contribution in [2.45, 2.75) is 33.6 Å². The summed E-state index contributed by atoms with van der Waals surface area (Å²) < 4.78 is 4.90. The van der Waals surface area contributed by atoms with Gasteiger partial charge in [0.05, 0.1) is 0 Å². The van der Waals surface area contributed by atoms with Gasteiger partial charge in [-0.3, -0.25) is 0 Å². The van der Waals surface area contributed by atoms with Crippen LogP contribution in [0.25, 0.3) is 0 Å². The van der Waals surface area contributed by atoms with Gasteiger partial charge in [-0.15, -0.1) is 0 Å². The van der Waals surface area contributed by atoms with Crippen molar-refractivity contribution in [3.63, 3.8) is 0 Å². The molecule has 0 spiro atoms. The van der Waals surface area contributed by atoms with Crippen molar-refractivity contribution in [1.82, 2.24) is 0 Å². The molecular weight excluding hydrogens is 188 g/mol. The lowest BCUT2D eigenvalue weighted by molar-refractivity contribution is -0.136. The minimum absolute atomic E-state index is 0.361. The zero-order valence-corrected chi connectivity index (χ0v) is 9.88. The first kappa shape index (κ1) is 13.7. The summed E-state index contributed by atoms with van der Waals surface area (Å²) in [5.41, 5.74) is 2.45. The van der Waals surface area contributed by atoms with Gasteiger partial charge in [-0.1, -0.05) is 24.3 Å². The molecule has 15 heavy (non-hydrogen) atoms. The predicted molar refractivity (Wildman–Crippen MR) is 63.6 cm³/mol. The Labute approximate surface area is 92.3 Å². The van der Waals surface area contributed by atoms with E-state index in [2.05, 4.69) is 25.7 Å². The largest absolute Gasteiger partial charge is 0.458 e. The van der Waals surface area contributed by atoms with Crippen molar-refractivity contribution >= 4 is 5.97 Å². The third-order valence-corrected chi connectivity index (χ3v) is 2.13. The summed E-state index contributed by atoms with van der Waals surface area (Å²) in [6, 6.07) is 0. The Kier molecular flexibility index (Phi) is 7.33. The predicted octanol–water partition coefficient (Wildman–Crippen LogP) is 3.41. The Hall–Kier alpha value is -1.31. The van der Waals surface area contributed by atoms with Crippen LogP contribution in [0.15, 0.2) is 36.0 Å². The summed E-state index contributed by atoms with van der Waals surface area (Å²) in [4.78, 5) is 10.8. The smallest absolute Gasteiger partial charge is 0.330 e. The van der Waals surface area contributed by atoms with Gasteiger partial charge in [0.1, 0.15) is 6.61 Å². The van der Waals surface area contributed by atoms with Gasteiger partial charge in [0, 0.05) is 6.08 Å². The highest BCUT2D eigenvalue weighted by Gasteiger charge is 1.96. The normalized spacial score (nSPS) is 12.5. The first-order valence-electron chi connectivity index (χ1n) is 5.16. The summed E-state index contributed by atoms with van der Waals surface area (Å²) in [5, 5.41) is 0. The van der Waals surface area contributed by atoms with E-state index in [1.165, 1.54) is 11.6 Å². The van der Waals surface area contributed by atoms with E-state index in [4.69, 9.17) is 4.74 Å². The fourth-order valence-corrected chi connectivity index (χ4v) is 0.993. The zero-order valence-electron chi connectivity index (χ0n) is 9.88. The van der Waals surface area contributed by atoms with Crippen LogP contribution in [-0.2, 0) is 9.53 Å². The molecule has 0 rings (SSSR count). The highest BCUT2D eigenvalue weighted by molar-refractivity contribution is 5.81. The molecule has 84 valence electrons. The minimum Gasteiger partial charge on any atom is -0.458 e. The van der Waals surface area contributed by atoms with Gasteiger partial charge in [-0.25, -0.2) is 4.79 Å². The van der Waals surface area contributed by atoms with Crippen LogP contribution in [0, 0.1) is 0 Å². The van der Waals surface area contributed by atoms with Crippen LogP contribution in [0.1, 0.15) is 33.6 Å².